The lowest BCUT2D eigenvalue weighted by atomic mass is 9.95. The van der Waals surface area contributed by atoms with E-state index in [0.717, 1.165) is 23.3 Å². The van der Waals surface area contributed by atoms with Gasteiger partial charge in [0.15, 0.2) is 5.96 Å². The van der Waals surface area contributed by atoms with Crippen LogP contribution in [0.15, 0.2) is 23.2 Å². The Kier molecular flexibility index (Phi) is 11.0. The minimum absolute atomic E-state index is 0. The molecule has 0 bridgehead atoms. The Morgan fingerprint density at radius 1 is 1.27 bits per heavy atom. The van der Waals surface area contributed by atoms with Crippen LogP contribution in [-0.2, 0) is 6.54 Å². The molecule has 1 saturated carbocycles. The molecule has 0 radical (unpaired) electrons. The van der Waals surface area contributed by atoms with Gasteiger partial charge in [0.25, 0.3) is 0 Å². The summed E-state index contributed by atoms with van der Waals surface area (Å²) in [5.74, 6) is 0.607. The van der Waals surface area contributed by atoms with Crippen molar-refractivity contribution in [3.63, 3.8) is 0 Å². The van der Waals surface area contributed by atoms with E-state index in [2.05, 4.69) is 23.8 Å². The molecule has 2 fully saturated rings. The number of nitrogens with zero attached hydrogens (tertiary/aromatic N) is 2. The first-order valence-electron chi connectivity index (χ1n) is 10.9. The van der Waals surface area contributed by atoms with Gasteiger partial charge in [0.1, 0.15) is 5.82 Å². The fraction of sp³-hybridized carbons (Fsp3) is 0.682. The Bertz CT molecular complexity index is 685. The van der Waals surface area contributed by atoms with E-state index in [4.69, 9.17) is 4.99 Å². The summed E-state index contributed by atoms with van der Waals surface area (Å²) in [5.41, 5.74) is 1.49. The molecular weight excluding hydrogens is 514 g/mol. The molecule has 2 atom stereocenters. The van der Waals surface area contributed by atoms with Crippen LogP contribution in [0.5, 0.6) is 0 Å². The quantitative estimate of drug-likeness (QED) is 0.283. The van der Waals surface area contributed by atoms with Crippen molar-refractivity contribution in [2.45, 2.75) is 69.4 Å². The van der Waals surface area contributed by atoms with E-state index in [1.165, 1.54) is 25.7 Å². The molecule has 3 rings (SSSR count). The van der Waals surface area contributed by atoms with E-state index in [0.29, 0.717) is 44.2 Å². The van der Waals surface area contributed by atoms with Crippen LogP contribution in [0.25, 0.3) is 0 Å². The van der Waals surface area contributed by atoms with Gasteiger partial charge < -0.3 is 20.6 Å². The van der Waals surface area contributed by atoms with Crippen molar-refractivity contribution in [3.8, 4) is 0 Å². The molecular formula is C22H36FIN4OS. The highest BCUT2D eigenvalue weighted by Gasteiger charge is 2.22. The van der Waals surface area contributed by atoms with E-state index in [1.54, 1.807) is 6.07 Å². The predicted molar refractivity (Wildman–Crippen MR) is 137 cm³/mol. The number of benzene rings is 1. The molecule has 1 aliphatic heterocycles. The topological polar surface area (TPSA) is 59.9 Å². The Labute approximate surface area is 201 Å². The van der Waals surface area contributed by atoms with Crippen molar-refractivity contribution in [2.24, 2.45) is 4.99 Å². The number of anilines is 1. The summed E-state index contributed by atoms with van der Waals surface area (Å²) in [5, 5.41) is 17.3. The summed E-state index contributed by atoms with van der Waals surface area (Å²) in [7, 11) is 0. The summed E-state index contributed by atoms with van der Waals surface area (Å²) in [6.07, 6.45) is 8.22. The Hall–Kier alpha value is -0.740. The van der Waals surface area contributed by atoms with E-state index in [9.17, 15) is 9.50 Å². The molecule has 0 aromatic heterocycles. The van der Waals surface area contributed by atoms with Crippen molar-refractivity contribution < 1.29 is 9.50 Å². The van der Waals surface area contributed by atoms with E-state index >= 15 is 0 Å². The third-order valence-electron chi connectivity index (χ3n) is 5.88. The van der Waals surface area contributed by atoms with Crippen molar-refractivity contribution in [1.82, 2.24) is 10.6 Å². The standard InChI is InChI=1S/C22H35FN4OS.HI/c1-3-24-22(26-17-5-4-6-19(14-17)29-2)25-15-16-7-8-21(20(23)13-16)27-11-9-18(28)10-12-27;/h7-8,13,17-19,28H,3-6,9-12,14-15H2,1-2H3,(H2,24,25,26);1H. The maximum Gasteiger partial charge on any atom is 0.191 e. The van der Waals surface area contributed by atoms with Gasteiger partial charge in [-0.3, -0.25) is 0 Å². The summed E-state index contributed by atoms with van der Waals surface area (Å²) in [6, 6.07) is 5.86. The zero-order valence-corrected chi connectivity index (χ0v) is 21.2. The van der Waals surface area contributed by atoms with Gasteiger partial charge >= 0.3 is 0 Å². The van der Waals surface area contributed by atoms with Crippen LogP contribution in [-0.4, -0.2) is 54.4 Å². The number of hydrogen-bond donors (Lipinski definition) is 3. The zero-order valence-electron chi connectivity index (χ0n) is 18.1. The molecule has 1 heterocycles. The fourth-order valence-electron chi connectivity index (χ4n) is 4.19. The summed E-state index contributed by atoms with van der Waals surface area (Å²) in [4.78, 5) is 6.72. The summed E-state index contributed by atoms with van der Waals surface area (Å²) >= 11 is 1.96. The third-order valence-corrected chi connectivity index (χ3v) is 6.98. The first kappa shape index (κ1) is 25.5. The van der Waals surface area contributed by atoms with E-state index < -0.39 is 0 Å². The fourth-order valence-corrected chi connectivity index (χ4v) is 5.01. The predicted octanol–water partition coefficient (Wildman–Crippen LogP) is 4.13. The van der Waals surface area contributed by atoms with Gasteiger partial charge in [-0.05, 0) is 63.0 Å². The molecule has 3 N–H and O–H groups in total. The second-order valence-corrected chi connectivity index (χ2v) is 9.20. The lowest BCUT2D eigenvalue weighted by Gasteiger charge is -2.31. The van der Waals surface area contributed by atoms with Crippen molar-refractivity contribution in [2.75, 3.05) is 30.8 Å². The normalized spacial score (nSPS) is 23.1. The Balaban J connectivity index is 0.00000320. The number of aliphatic hydroxyl groups is 1. The number of hydrogen-bond acceptors (Lipinski definition) is 4. The largest absolute Gasteiger partial charge is 0.393 e. The highest BCUT2D eigenvalue weighted by molar-refractivity contribution is 14.0. The maximum atomic E-state index is 14.7. The van der Waals surface area contributed by atoms with Crippen LogP contribution in [0.4, 0.5) is 10.1 Å². The molecule has 1 aromatic rings. The zero-order chi connectivity index (χ0) is 20.6. The number of aliphatic hydroxyl groups excluding tert-OH is 1. The SMILES string of the molecule is CCNC(=NCc1ccc(N2CCC(O)CC2)c(F)c1)NC1CCCC(SC)C1.I. The molecule has 2 aliphatic rings. The highest BCUT2D eigenvalue weighted by Crippen LogP contribution is 2.27. The van der Waals surface area contributed by atoms with Crippen LogP contribution in [0.3, 0.4) is 0 Å². The van der Waals surface area contributed by atoms with Gasteiger partial charge in [0.2, 0.25) is 0 Å². The molecule has 1 saturated heterocycles. The Morgan fingerprint density at radius 2 is 2.03 bits per heavy atom. The van der Waals surface area contributed by atoms with Gasteiger partial charge in [0, 0.05) is 30.9 Å². The maximum absolute atomic E-state index is 14.7. The molecule has 2 unspecified atom stereocenters. The van der Waals surface area contributed by atoms with Crippen molar-refractivity contribution >= 4 is 47.4 Å². The van der Waals surface area contributed by atoms with Gasteiger partial charge in [-0.25, -0.2) is 9.38 Å². The first-order chi connectivity index (χ1) is 14.1. The van der Waals surface area contributed by atoms with Crippen LogP contribution in [0, 0.1) is 5.82 Å². The van der Waals surface area contributed by atoms with Crippen molar-refractivity contribution in [1.29, 1.82) is 0 Å². The molecule has 5 nitrogen and oxygen atoms in total. The first-order valence-corrected chi connectivity index (χ1v) is 12.2. The minimum atomic E-state index is -0.254. The van der Waals surface area contributed by atoms with Crippen LogP contribution in [0.1, 0.15) is 51.0 Å². The minimum Gasteiger partial charge on any atom is -0.393 e. The molecule has 30 heavy (non-hydrogen) atoms. The number of thioether (sulfide) groups is 1. The lowest BCUT2D eigenvalue weighted by Crippen LogP contribution is -2.45. The second-order valence-electron chi connectivity index (χ2n) is 8.06. The molecule has 1 aromatic carbocycles. The van der Waals surface area contributed by atoms with Crippen LogP contribution < -0.4 is 15.5 Å². The number of rotatable bonds is 6. The summed E-state index contributed by atoms with van der Waals surface area (Å²) in [6.45, 7) is 4.71. The second kappa shape index (κ2) is 13.0. The number of aliphatic imine (C=N–C) groups is 1. The van der Waals surface area contributed by atoms with Gasteiger partial charge in [-0.2, -0.15) is 11.8 Å². The average molecular weight is 551 g/mol. The Morgan fingerprint density at radius 3 is 2.70 bits per heavy atom. The van der Waals surface area contributed by atoms with E-state index in [1.807, 2.05) is 28.8 Å². The molecule has 0 spiro atoms. The molecule has 170 valence electrons. The average Bonchev–Trinajstić information content (AvgIpc) is 2.73. The van der Waals surface area contributed by atoms with E-state index in [-0.39, 0.29) is 35.9 Å². The molecule has 0 amide bonds. The molecule has 8 heteroatoms. The van der Waals surface area contributed by atoms with Gasteiger partial charge in [-0.1, -0.05) is 12.5 Å². The number of nitrogens with one attached hydrogen (secondary N) is 2. The smallest absolute Gasteiger partial charge is 0.191 e. The number of guanidine groups is 1. The summed E-state index contributed by atoms with van der Waals surface area (Å²) < 4.78 is 14.7. The van der Waals surface area contributed by atoms with Gasteiger partial charge in [-0.15, -0.1) is 24.0 Å². The third kappa shape index (κ3) is 7.44. The van der Waals surface area contributed by atoms with Gasteiger partial charge in [0.05, 0.1) is 18.3 Å². The monoisotopic (exact) mass is 550 g/mol. The van der Waals surface area contributed by atoms with Crippen LogP contribution >= 0.6 is 35.7 Å². The van der Waals surface area contributed by atoms with Crippen molar-refractivity contribution in [3.05, 3.63) is 29.6 Å². The highest BCUT2D eigenvalue weighted by atomic mass is 127. The lowest BCUT2D eigenvalue weighted by molar-refractivity contribution is 0.145. The number of piperidine rings is 1. The molecule has 1 aliphatic carbocycles. The number of halogens is 2. The van der Waals surface area contributed by atoms with Crippen LogP contribution in [0.2, 0.25) is 0 Å².